The van der Waals surface area contributed by atoms with E-state index in [0.29, 0.717) is 5.15 Å². The van der Waals surface area contributed by atoms with Crippen LogP contribution in [0.5, 0.6) is 0 Å². The molecule has 0 unspecified atom stereocenters. The van der Waals surface area contributed by atoms with Crippen molar-refractivity contribution in [3.63, 3.8) is 0 Å². The first-order chi connectivity index (χ1) is 8.15. The van der Waals surface area contributed by atoms with Crippen molar-refractivity contribution in [1.82, 2.24) is 0 Å². The molecule has 4 nitrogen and oxygen atoms in total. The van der Waals surface area contributed by atoms with Gasteiger partial charge in [-0.25, -0.2) is 0 Å². The van der Waals surface area contributed by atoms with Crippen molar-refractivity contribution in [1.29, 1.82) is 0 Å². The molecule has 0 aliphatic rings. The average molecular weight is 255 g/mol. The van der Waals surface area contributed by atoms with Crippen molar-refractivity contribution < 1.29 is 19.9 Å². The van der Waals surface area contributed by atoms with Crippen LogP contribution in [0.1, 0.15) is 12.6 Å². The molecule has 0 amide bonds. The van der Waals surface area contributed by atoms with Crippen LogP contribution in [0.4, 0.5) is 0 Å². The SMILES string of the molecule is CCc1cccc[n+]1O.O[n+]1ccccc1Cl. The lowest BCUT2D eigenvalue weighted by atomic mass is 10.3. The number of aromatic nitrogens is 2. The fourth-order valence-corrected chi connectivity index (χ4v) is 1.29. The lowest BCUT2D eigenvalue weighted by Crippen LogP contribution is -2.33. The van der Waals surface area contributed by atoms with Crippen molar-refractivity contribution in [2.75, 3.05) is 0 Å². The predicted molar refractivity (Wildman–Crippen MR) is 62.0 cm³/mol. The van der Waals surface area contributed by atoms with Gasteiger partial charge in [0.1, 0.15) is 0 Å². The third kappa shape index (κ3) is 4.28. The van der Waals surface area contributed by atoms with Crippen LogP contribution in [-0.4, -0.2) is 10.4 Å². The first-order valence-corrected chi connectivity index (χ1v) is 5.57. The van der Waals surface area contributed by atoms with Gasteiger partial charge in [-0.1, -0.05) is 6.92 Å². The zero-order valence-electron chi connectivity index (χ0n) is 9.49. The zero-order valence-corrected chi connectivity index (χ0v) is 10.2. The van der Waals surface area contributed by atoms with Crippen LogP contribution < -0.4 is 9.46 Å². The number of pyridine rings is 2. The van der Waals surface area contributed by atoms with Gasteiger partial charge in [-0.3, -0.25) is 10.4 Å². The summed E-state index contributed by atoms with van der Waals surface area (Å²) in [5.41, 5.74) is 0.928. The lowest BCUT2D eigenvalue weighted by Gasteiger charge is -1.87. The Labute approximate surface area is 105 Å². The highest BCUT2D eigenvalue weighted by atomic mass is 35.5. The molecule has 2 aromatic heterocycles. The molecule has 0 spiro atoms. The standard InChI is InChI=1S/C7H10NO.C5H5ClNO/c1-2-7-5-3-4-6-8(7)9;6-5-3-1-2-4-7(5)8/h3-6,9H,2H2,1H3;1-4,8H/q2*+1. The molecule has 2 aromatic rings. The first kappa shape index (κ1) is 13.3. The minimum Gasteiger partial charge on any atom is -0.285 e. The molecule has 0 aliphatic carbocycles. The van der Waals surface area contributed by atoms with Gasteiger partial charge >= 0.3 is 5.15 Å². The number of nitrogens with zero attached hydrogens (tertiary/aromatic N) is 2. The Bertz CT molecular complexity index is 457. The molecule has 0 aliphatic heterocycles. The van der Waals surface area contributed by atoms with E-state index in [2.05, 4.69) is 0 Å². The van der Waals surface area contributed by atoms with Crippen molar-refractivity contribution >= 4 is 11.6 Å². The van der Waals surface area contributed by atoms with Crippen LogP contribution in [0.2, 0.25) is 5.15 Å². The van der Waals surface area contributed by atoms with E-state index >= 15 is 0 Å². The summed E-state index contributed by atoms with van der Waals surface area (Å²) in [6.07, 6.45) is 3.94. The van der Waals surface area contributed by atoms with Crippen LogP contribution >= 0.6 is 11.6 Å². The smallest absolute Gasteiger partial charge is 0.285 e. The minimum atomic E-state index is 0.313. The molecular weight excluding hydrogens is 240 g/mol. The Morgan fingerprint density at radius 2 is 1.59 bits per heavy atom. The fraction of sp³-hybridized carbons (Fsp3) is 0.167. The third-order valence-corrected chi connectivity index (χ3v) is 2.37. The monoisotopic (exact) mass is 254 g/mol. The van der Waals surface area contributed by atoms with Crippen molar-refractivity contribution in [3.05, 3.63) is 59.6 Å². The van der Waals surface area contributed by atoms with Gasteiger partial charge in [-0.2, -0.15) is 0 Å². The van der Waals surface area contributed by atoms with E-state index in [1.807, 2.05) is 19.1 Å². The van der Waals surface area contributed by atoms with E-state index in [4.69, 9.17) is 22.0 Å². The highest BCUT2D eigenvalue weighted by molar-refractivity contribution is 6.28. The van der Waals surface area contributed by atoms with Gasteiger partial charge in [-0.05, 0) is 23.7 Å². The van der Waals surface area contributed by atoms with E-state index in [-0.39, 0.29) is 0 Å². The summed E-state index contributed by atoms with van der Waals surface area (Å²) < 4.78 is 1.99. The Morgan fingerprint density at radius 1 is 1.00 bits per heavy atom. The van der Waals surface area contributed by atoms with E-state index in [1.54, 1.807) is 30.5 Å². The van der Waals surface area contributed by atoms with Gasteiger partial charge in [0.25, 0.3) is 0 Å². The molecular formula is C12H15ClN2O2+2. The van der Waals surface area contributed by atoms with Crippen LogP contribution in [0, 0.1) is 0 Å². The third-order valence-electron chi connectivity index (χ3n) is 2.07. The molecule has 2 N–H and O–H groups in total. The van der Waals surface area contributed by atoms with Gasteiger partial charge in [0, 0.05) is 40.1 Å². The van der Waals surface area contributed by atoms with Crippen molar-refractivity contribution in [3.8, 4) is 0 Å². The molecule has 2 heterocycles. The van der Waals surface area contributed by atoms with Gasteiger partial charge in [-0.15, -0.1) is 0 Å². The summed E-state index contributed by atoms with van der Waals surface area (Å²) in [4.78, 5) is 0. The summed E-state index contributed by atoms with van der Waals surface area (Å²) in [7, 11) is 0. The van der Waals surface area contributed by atoms with Gasteiger partial charge in [0.2, 0.25) is 18.1 Å². The lowest BCUT2D eigenvalue weighted by molar-refractivity contribution is -0.909. The van der Waals surface area contributed by atoms with E-state index in [9.17, 15) is 0 Å². The predicted octanol–water partition coefficient (Wildman–Crippen LogP) is 1.64. The Balaban J connectivity index is 0.000000171. The second-order valence-corrected chi connectivity index (χ2v) is 3.65. The molecule has 0 saturated heterocycles. The summed E-state index contributed by atoms with van der Waals surface area (Å²) in [6, 6.07) is 10.6. The largest absolute Gasteiger partial charge is 0.324 e. The van der Waals surface area contributed by atoms with Gasteiger partial charge in [0.15, 0.2) is 0 Å². The van der Waals surface area contributed by atoms with E-state index in [0.717, 1.165) is 21.6 Å². The summed E-state index contributed by atoms with van der Waals surface area (Å²) in [5.74, 6) is 0. The number of halogens is 1. The first-order valence-electron chi connectivity index (χ1n) is 5.19. The number of aryl methyl sites for hydroxylation is 1. The highest BCUT2D eigenvalue weighted by Gasteiger charge is 2.02. The molecule has 0 atom stereocenters. The zero-order chi connectivity index (χ0) is 12.7. The number of hydrogen-bond donors (Lipinski definition) is 2. The molecule has 2 rings (SSSR count). The second kappa shape index (κ2) is 6.70. The van der Waals surface area contributed by atoms with Crippen LogP contribution in [0.15, 0.2) is 48.8 Å². The summed E-state index contributed by atoms with van der Waals surface area (Å²) in [6.45, 7) is 2.00. The van der Waals surface area contributed by atoms with E-state index in [1.165, 1.54) is 6.20 Å². The van der Waals surface area contributed by atoms with Crippen molar-refractivity contribution in [2.45, 2.75) is 13.3 Å². The summed E-state index contributed by atoms with van der Waals surface area (Å²) in [5, 5.41) is 18.0. The van der Waals surface area contributed by atoms with Crippen LogP contribution in [-0.2, 0) is 6.42 Å². The molecule has 0 bridgehead atoms. The topological polar surface area (TPSA) is 48.2 Å². The maximum Gasteiger partial charge on any atom is 0.324 e. The maximum absolute atomic E-state index is 9.03. The molecule has 0 saturated carbocycles. The summed E-state index contributed by atoms with van der Waals surface area (Å²) >= 11 is 5.42. The number of hydrogen-bond acceptors (Lipinski definition) is 2. The van der Waals surface area contributed by atoms with Gasteiger partial charge < -0.3 is 0 Å². The molecule has 0 fully saturated rings. The second-order valence-electron chi connectivity index (χ2n) is 3.26. The van der Waals surface area contributed by atoms with Crippen LogP contribution in [0.25, 0.3) is 0 Å². The van der Waals surface area contributed by atoms with Crippen molar-refractivity contribution in [2.24, 2.45) is 0 Å². The molecule has 17 heavy (non-hydrogen) atoms. The molecule has 90 valence electrons. The molecule has 0 aromatic carbocycles. The Kier molecular flexibility index (Phi) is 5.23. The highest BCUT2D eigenvalue weighted by Crippen LogP contribution is 1.95. The van der Waals surface area contributed by atoms with E-state index < -0.39 is 0 Å². The van der Waals surface area contributed by atoms with Gasteiger partial charge in [0.05, 0.1) is 0 Å². The Morgan fingerprint density at radius 3 is 1.94 bits per heavy atom. The fourth-order valence-electron chi connectivity index (χ4n) is 1.16. The molecule has 0 radical (unpaired) electrons. The van der Waals surface area contributed by atoms with Crippen LogP contribution in [0.3, 0.4) is 0 Å². The average Bonchev–Trinajstić information content (AvgIpc) is 2.34. The normalized spacial score (nSPS) is 9.29. The molecule has 5 heteroatoms. The maximum atomic E-state index is 9.03. The Hall–Kier alpha value is -1.81. The quantitative estimate of drug-likeness (QED) is 0.462. The number of rotatable bonds is 1. The minimum absolute atomic E-state index is 0.313.